The van der Waals surface area contributed by atoms with Crippen molar-refractivity contribution in [2.24, 2.45) is 0 Å². The van der Waals surface area contributed by atoms with Gasteiger partial charge in [-0.2, -0.15) is 13.2 Å². The lowest BCUT2D eigenvalue weighted by atomic mass is 9.90. The zero-order chi connectivity index (χ0) is 32.8. The molecule has 0 fully saturated rings. The lowest BCUT2D eigenvalue weighted by molar-refractivity contribution is -0.137. The van der Waals surface area contributed by atoms with Crippen LogP contribution in [0.2, 0.25) is 5.02 Å². The first kappa shape index (κ1) is 34.5. The van der Waals surface area contributed by atoms with Crippen molar-refractivity contribution in [1.82, 2.24) is 4.90 Å². The molecule has 4 aromatic rings. The van der Waals surface area contributed by atoms with Gasteiger partial charge in [-0.1, -0.05) is 90.5 Å². The Labute approximate surface area is 268 Å². The summed E-state index contributed by atoms with van der Waals surface area (Å²) < 4.78 is 71.8. The monoisotopic (exact) mass is 659 g/mol. The molecule has 1 N–H and O–H groups in total. The molecule has 0 spiro atoms. The maximum Gasteiger partial charge on any atom is 0.417 e. The van der Waals surface area contributed by atoms with E-state index in [0.717, 1.165) is 23.4 Å². The quantitative estimate of drug-likeness (QED) is 0.147. The minimum atomic E-state index is -4.58. The van der Waals surface area contributed by atoms with Crippen molar-refractivity contribution in [1.29, 1.82) is 0 Å². The predicted octanol–water partition coefficient (Wildman–Crippen LogP) is 8.09. The van der Waals surface area contributed by atoms with Crippen molar-refractivity contribution in [3.05, 3.63) is 130 Å². The fourth-order valence-corrected chi connectivity index (χ4v) is 6.65. The summed E-state index contributed by atoms with van der Waals surface area (Å²) in [4.78, 5) is 2.05. The van der Waals surface area contributed by atoms with E-state index in [1.807, 2.05) is 60.7 Å². The number of nitrogens with zero attached hydrogens (tertiary/aromatic N) is 1. The fraction of sp³-hybridized carbons (Fsp3) is 0.314. The topological polar surface area (TPSA) is 66.8 Å². The van der Waals surface area contributed by atoms with Crippen molar-refractivity contribution in [3.63, 3.8) is 0 Å². The molecule has 240 valence electrons. The van der Waals surface area contributed by atoms with Crippen molar-refractivity contribution in [2.75, 3.05) is 26.0 Å². The van der Waals surface area contributed by atoms with E-state index in [1.165, 1.54) is 32.0 Å². The molecule has 0 saturated carbocycles. The Balaban J connectivity index is 1.58. The van der Waals surface area contributed by atoms with Gasteiger partial charge in [-0.25, -0.2) is 8.42 Å². The molecule has 0 radical (unpaired) electrons. The van der Waals surface area contributed by atoms with Crippen LogP contribution in [0.15, 0.2) is 102 Å². The lowest BCUT2D eigenvalue weighted by Gasteiger charge is -2.29. The van der Waals surface area contributed by atoms with E-state index in [1.54, 1.807) is 12.1 Å². The van der Waals surface area contributed by atoms with Gasteiger partial charge in [-0.3, -0.25) is 4.90 Å². The first-order chi connectivity index (χ1) is 21.1. The van der Waals surface area contributed by atoms with Gasteiger partial charge < -0.3 is 9.84 Å². The molecule has 0 aliphatic heterocycles. The summed E-state index contributed by atoms with van der Waals surface area (Å²) in [5.41, 5.74) is 0.543. The van der Waals surface area contributed by atoms with Crippen LogP contribution in [0, 0.1) is 0 Å². The smallest absolute Gasteiger partial charge is 0.417 e. The molecule has 5 nitrogen and oxygen atoms in total. The van der Waals surface area contributed by atoms with Crippen molar-refractivity contribution in [2.45, 2.75) is 49.4 Å². The number of alkyl halides is 3. The number of aliphatic hydroxyl groups is 1. The second-order valence-corrected chi connectivity index (χ2v) is 13.9. The molecule has 0 atom stereocenters. The van der Waals surface area contributed by atoms with Gasteiger partial charge >= 0.3 is 6.18 Å². The molecule has 10 heteroatoms. The minimum Gasteiger partial charge on any atom is -0.494 e. The maximum atomic E-state index is 13.7. The van der Waals surface area contributed by atoms with Gasteiger partial charge in [0.25, 0.3) is 0 Å². The van der Waals surface area contributed by atoms with E-state index in [0.29, 0.717) is 30.8 Å². The van der Waals surface area contributed by atoms with Crippen LogP contribution in [0.1, 0.15) is 54.0 Å². The number of hydrogen-bond donors (Lipinski definition) is 1. The highest BCUT2D eigenvalue weighted by Gasteiger charge is 2.34. The predicted molar refractivity (Wildman–Crippen MR) is 171 cm³/mol. The maximum absolute atomic E-state index is 13.7. The number of rotatable bonds is 13. The highest BCUT2D eigenvalue weighted by molar-refractivity contribution is 7.90. The molecule has 0 amide bonds. The molecule has 4 rings (SSSR count). The van der Waals surface area contributed by atoms with E-state index in [-0.39, 0.29) is 34.6 Å². The average Bonchev–Trinajstić information content (AvgIpc) is 2.98. The molecular formula is C35H37ClF3NO4S. The molecule has 0 heterocycles. The highest BCUT2D eigenvalue weighted by Crippen LogP contribution is 2.37. The summed E-state index contributed by atoms with van der Waals surface area (Å²) in [6, 6.07) is 28.4. The molecule has 0 aliphatic carbocycles. The zero-order valence-electron chi connectivity index (χ0n) is 25.4. The summed E-state index contributed by atoms with van der Waals surface area (Å²) in [5.74, 6) is 0.270. The summed E-state index contributed by atoms with van der Waals surface area (Å²) in [5, 5.41) is 10.1. The third-order valence-electron chi connectivity index (χ3n) is 7.52. The average molecular weight is 660 g/mol. The molecule has 45 heavy (non-hydrogen) atoms. The fourth-order valence-electron chi connectivity index (χ4n) is 5.31. The van der Waals surface area contributed by atoms with Gasteiger partial charge in [0.15, 0.2) is 9.84 Å². The SMILES string of the molecule is CC(C)(O)c1ccc(OCCCN(Cc2cccc(C(F)(F)F)c2Cl)CC(c2ccccc2)c2ccccc2)cc1S(C)(=O)=O. The second kappa shape index (κ2) is 14.4. The van der Waals surface area contributed by atoms with Crippen LogP contribution in [-0.2, 0) is 28.2 Å². The molecule has 0 saturated heterocycles. The lowest BCUT2D eigenvalue weighted by Crippen LogP contribution is -2.31. The number of ether oxygens (including phenoxy) is 1. The molecule has 0 aromatic heterocycles. The Morgan fingerprint density at radius 1 is 0.867 bits per heavy atom. The standard InChI is InChI=1S/C35H37ClF3NO4S/c1-34(2,41)30-19-18-28(22-32(30)45(3,42)43)44-21-11-20-40(23-27-16-10-17-31(33(27)36)35(37,38)39)24-29(25-12-6-4-7-13-25)26-14-8-5-9-15-26/h4-10,12-19,22,29,41H,11,20-21,23-24H2,1-3H3. The number of sulfone groups is 1. The summed E-state index contributed by atoms with van der Waals surface area (Å²) >= 11 is 6.31. The van der Waals surface area contributed by atoms with Crippen LogP contribution in [-0.4, -0.2) is 44.4 Å². The minimum absolute atomic E-state index is 0.0121. The van der Waals surface area contributed by atoms with Crippen molar-refractivity contribution in [3.8, 4) is 5.75 Å². The van der Waals surface area contributed by atoms with Crippen LogP contribution in [0.4, 0.5) is 13.2 Å². The Hall–Kier alpha value is -3.37. The van der Waals surface area contributed by atoms with Crippen LogP contribution in [0.25, 0.3) is 0 Å². The molecule has 0 bridgehead atoms. The normalized spacial score (nSPS) is 12.6. The number of benzene rings is 4. The number of hydrogen-bond acceptors (Lipinski definition) is 5. The van der Waals surface area contributed by atoms with Gasteiger partial charge in [0.1, 0.15) is 5.75 Å². The van der Waals surface area contributed by atoms with Gasteiger partial charge in [0.2, 0.25) is 0 Å². The van der Waals surface area contributed by atoms with Crippen molar-refractivity contribution >= 4 is 21.4 Å². The zero-order valence-corrected chi connectivity index (χ0v) is 27.0. The van der Waals surface area contributed by atoms with E-state index in [2.05, 4.69) is 4.90 Å². The highest BCUT2D eigenvalue weighted by atomic mass is 35.5. The Kier molecular flexibility index (Phi) is 11.0. The van der Waals surface area contributed by atoms with E-state index in [4.69, 9.17) is 16.3 Å². The Bertz CT molecular complexity index is 1640. The van der Waals surface area contributed by atoms with Gasteiger partial charge in [0, 0.05) is 37.4 Å². The van der Waals surface area contributed by atoms with Crippen LogP contribution in [0.3, 0.4) is 0 Å². The molecule has 4 aromatic carbocycles. The van der Waals surface area contributed by atoms with Gasteiger partial charge in [0.05, 0.1) is 27.7 Å². The third kappa shape index (κ3) is 9.33. The molecule has 0 aliphatic rings. The summed E-state index contributed by atoms with van der Waals surface area (Å²) in [7, 11) is -3.64. The van der Waals surface area contributed by atoms with Crippen LogP contribution in [0.5, 0.6) is 5.75 Å². The Morgan fingerprint density at radius 3 is 2.00 bits per heavy atom. The van der Waals surface area contributed by atoms with Gasteiger partial charge in [-0.15, -0.1) is 0 Å². The van der Waals surface area contributed by atoms with Crippen molar-refractivity contribution < 1.29 is 31.4 Å². The summed E-state index contributed by atoms with van der Waals surface area (Å²) in [6.45, 7) is 4.39. The largest absolute Gasteiger partial charge is 0.494 e. The third-order valence-corrected chi connectivity index (χ3v) is 9.10. The summed E-state index contributed by atoms with van der Waals surface area (Å²) in [6.07, 6.45) is -3.00. The first-order valence-corrected chi connectivity index (χ1v) is 16.8. The van der Waals surface area contributed by atoms with E-state index >= 15 is 0 Å². The Morgan fingerprint density at radius 2 is 1.47 bits per heavy atom. The van der Waals surface area contributed by atoms with Crippen LogP contribution < -0.4 is 4.74 Å². The van der Waals surface area contributed by atoms with E-state index < -0.39 is 27.2 Å². The second-order valence-electron chi connectivity index (χ2n) is 11.6. The van der Waals surface area contributed by atoms with Crippen LogP contribution >= 0.6 is 11.6 Å². The number of halogens is 4. The van der Waals surface area contributed by atoms with E-state index in [9.17, 15) is 26.7 Å². The first-order valence-electron chi connectivity index (χ1n) is 14.5. The molecule has 0 unspecified atom stereocenters. The van der Waals surface area contributed by atoms with Gasteiger partial charge in [-0.05, 0) is 55.2 Å². The molecular weight excluding hydrogens is 623 g/mol.